The number of carbonyl (C=O) groups is 1. The number of hydrogen-bond acceptors (Lipinski definition) is 3. The van der Waals surface area contributed by atoms with Gasteiger partial charge in [0.2, 0.25) is 0 Å². The van der Waals surface area contributed by atoms with Crippen molar-refractivity contribution in [2.45, 2.75) is 33.2 Å². The Morgan fingerprint density at radius 1 is 1.03 bits per heavy atom. The molecule has 4 rings (SSSR count). The number of nitrogens with zero attached hydrogens (tertiary/aromatic N) is 2. The molecule has 0 unspecified atom stereocenters. The zero-order valence-electron chi connectivity index (χ0n) is 19.3. The number of aromatic nitrogens is 2. The fourth-order valence-corrected chi connectivity index (χ4v) is 4.33. The van der Waals surface area contributed by atoms with Gasteiger partial charge in [0.05, 0.1) is 28.2 Å². The molecule has 5 nitrogen and oxygen atoms in total. The van der Waals surface area contributed by atoms with E-state index in [-0.39, 0.29) is 5.91 Å². The van der Waals surface area contributed by atoms with Crippen molar-refractivity contribution in [3.63, 3.8) is 0 Å². The summed E-state index contributed by atoms with van der Waals surface area (Å²) in [6, 6.07) is 19.1. The summed E-state index contributed by atoms with van der Waals surface area (Å²) in [6.07, 6.45) is 1.49. The topological polar surface area (TPSA) is 56.1 Å². The quantitative estimate of drug-likeness (QED) is 0.273. The van der Waals surface area contributed by atoms with Crippen molar-refractivity contribution >= 4 is 40.1 Å². The van der Waals surface area contributed by atoms with Gasteiger partial charge in [0, 0.05) is 18.0 Å². The Labute approximate surface area is 209 Å². The van der Waals surface area contributed by atoms with Gasteiger partial charge in [-0.3, -0.25) is 4.79 Å². The van der Waals surface area contributed by atoms with Gasteiger partial charge >= 0.3 is 0 Å². The lowest BCUT2D eigenvalue weighted by molar-refractivity contribution is 0.0953. The Hall–Kier alpha value is -3.02. The fourth-order valence-electron chi connectivity index (χ4n) is 4.00. The number of benzene rings is 3. The van der Waals surface area contributed by atoms with Gasteiger partial charge < -0.3 is 14.6 Å². The highest BCUT2D eigenvalue weighted by Crippen LogP contribution is 2.26. The number of aryl methyl sites for hydroxylation is 3. The zero-order chi connectivity index (χ0) is 24.1. The molecule has 0 aliphatic rings. The lowest BCUT2D eigenvalue weighted by Crippen LogP contribution is -2.25. The van der Waals surface area contributed by atoms with Crippen LogP contribution in [0.1, 0.15) is 33.7 Å². The molecule has 1 aromatic heterocycles. The number of nitrogens with one attached hydrogen (secondary N) is 1. The maximum Gasteiger partial charge on any atom is 0.252 e. The van der Waals surface area contributed by atoms with Crippen LogP contribution in [0, 0.1) is 13.8 Å². The molecule has 1 N–H and O–H groups in total. The average Bonchev–Trinajstić information content (AvgIpc) is 3.18. The lowest BCUT2D eigenvalue weighted by Gasteiger charge is -2.13. The minimum absolute atomic E-state index is 0.166. The van der Waals surface area contributed by atoms with Crippen LogP contribution in [0.4, 0.5) is 0 Å². The van der Waals surface area contributed by atoms with Crippen molar-refractivity contribution in [3.8, 4) is 5.75 Å². The summed E-state index contributed by atoms with van der Waals surface area (Å²) in [7, 11) is 0. The maximum absolute atomic E-state index is 12.4. The normalized spacial score (nSPS) is 11.1. The van der Waals surface area contributed by atoms with E-state index in [1.54, 1.807) is 18.2 Å². The average molecular weight is 496 g/mol. The maximum atomic E-state index is 12.4. The first-order chi connectivity index (χ1) is 16.4. The monoisotopic (exact) mass is 495 g/mol. The second-order valence-electron chi connectivity index (χ2n) is 8.23. The summed E-state index contributed by atoms with van der Waals surface area (Å²) in [4.78, 5) is 17.2. The van der Waals surface area contributed by atoms with Gasteiger partial charge in [-0.2, -0.15) is 0 Å². The van der Waals surface area contributed by atoms with Crippen LogP contribution in [-0.2, 0) is 13.0 Å². The van der Waals surface area contributed by atoms with Crippen LogP contribution in [0.25, 0.3) is 11.0 Å². The van der Waals surface area contributed by atoms with Gasteiger partial charge in [0.1, 0.15) is 18.2 Å². The first-order valence-corrected chi connectivity index (χ1v) is 12.1. The first kappa shape index (κ1) is 24.1. The van der Waals surface area contributed by atoms with E-state index >= 15 is 0 Å². The molecule has 0 radical (unpaired) electrons. The third-order valence-electron chi connectivity index (χ3n) is 5.71. The third kappa shape index (κ3) is 5.54. The minimum Gasteiger partial charge on any atom is -0.492 e. The van der Waals surface area contributed by atoms with E-state index in [2.05, 4.69) is 16.0 Å². The second kappa shape index (κ2) is 10.9. The summed E-state index contributed by atoms with van der Waals surface area (Å²) in [5.41, 5.74) is 4.52. The molecule has 0 spiro atoms. The van der Waals surface area contributed by atoms with Gasteiger partial charge in [-0.1, -0.05) is 47.5 Å². The van der Waals surface area contributed by atoms with Crippen LogP contribution in [0.2, 0.25) is 10.0 Å². The molecule has 0 bridgehead atoms. The lowest BCUT2D eigenvalue weighted by atomic mass is 10.1. The molecule has 0 saturated carbocycles. The van der Waals surface area contributed by atoms with E-state index < -0.39 is 0 Å². The highest BCUT2D eigenvalue weighted by molar-refractivity contribution is 6.33. The number of fused-ring (bicyclic) bond motifs is 1. The summed E-state index contributed by atoms with van der Waals surface area (Å²) >= 11 is 12.4. The van der Waals surface area contributed by atoms with Crippen molar-refractivity contribution in [1.82, 2.24) is 14.9 Å². The highest BCUT2D eigenvalue weighted by Gasteiger charge is 2.12. The van der Waals surface area contributed by atoms with E-state index in [1.807, 2.05) is 50.2 Å². The van der Waals surface area contributed by atoms with Gasteiger partial charge in [-0.15, -0.1) is 0 Å². The molecule has 1 heterocycles. The summed E-state index contributed by atoms with van der Waals surface area (Å²) < 4.78 is 8.24. The van der Waals surface area contributed by atoms with Crippen LogP contribution in [0.3, 0.4) is 0 Å². The first-order valence-electron chi connectivity index (χ1n) is 11.3. The van der Waals surface area contributed by atoms with Gasteiger partial charge in [-0.25, -0.2) is 4.98 Å². The number of imidazole rings is 1. The van der Waals surface area contributed by atoms with Crippen molar-refractivity contribution in [3.05, 3.63) is 93.2 Å². The molecule has 0 fully saturated rings. The molecule has 0 atom stereocenters. The molecule has 0 saturated heterocycles. The molecule has 7 heteroatoms. The third-order valence-corrected chi connectivity index (χ3v) is 6.63. The van der Waals surface area contributed by atoms with Crippen molar-refractivity contribution in [2.75, 3.05) is 13.2 Å². The van der Waals surface area contributed by atoms with Crippen LogP contribution in [-0.4, -0.2) is 28.6 Å². The van der Waals surface area contributed by atoms with Crippen LogP contribution in [0.15, 0.2) is 60.7 Å². The number of carbonyl (C=O) groups excluding carboxylic acids is 1. The predicted octanol–water partition coefficient (Wildman–Crippen LogP) is 6.40. The number of para-hydroxylation sites is 2. The Balaban J connectivity index is 1.39. The Kier molecular flexibility index (Phi) is 7.76. The van der Waals surface area contributed by atoms with E-state index in [9.17, 15) is 4.79 Å². The zero-order valence-corrected chi connectivity index (χ0v) is 20.8. The number of hydrogen-bond donors (Lipinski definition) is 1. The summed E-state index contributed by atoms with van der Waals surface area (Å²) in [5.74, 6) is 1.62. The number of rotatable bonds is 9. The summed E-state index contributed by atoms with van der Waals surface area (Å²) in [6.45, 7) is 5.68. The molecule has 176 valence electrons. The molecular weight excluding hydrogens is 469 g/mol. The molecule has 4 aromatic rings. The SMILES string of the molecule is Cc1cc(OCCn2c(CCCNC(=O)c3ccccc3Cl)nc3ccccc32)cc(C)c1Cl. The van der Waals surface area contributed by atoms with E-state index in [4.69, 9.17) is 32.9 Å². The summed E-state index contributed by atoms with van der Waals surface area (Å²) in [5, 5.41) is 4.17. The number of amides is 1. The van der Waals surface area contributed by atoms with Gasteiger partial charge in [0.25, 0.3) is 5.91 Å². The minimum atomic E-state index is -0.166. The van der Waals surface area contributed by atoms with Crippen LogP contribution >= 0.6 is 23.2 Å². The number of ether oxygens (including phenoxy) is 1. The second-order valence-corrected chi connectivity index (χ2v) is 9.01. The van der Waals surface area contributed by atoms with Gasteiger partial charge in [0.15, 0.2) is 0 Å². The highest BCUT2D eigenvalue weighted by atomic mass is 35.5. The molecule has 1 amide bonds. The van der Waals surface area contributed by atoms with E-state index in [1.165, 1.54) is 0 Å². The van der Waals surface area contributed by atoms with E-state index in [0.29, 0.717) is 30.3 Å². The molecule has 0 aliphatic heterocycles. The van der Waals surface area contributed by atoms with Crippen molar-refractivity contribution in [2.24, 2.45) is 0 Å². The standard InChI is InChI=1S/C27H27Cl2N3O2/c1-18-16-20(17-19(2)26(18)29)34-15-14-32-24-11-6-5-10-23(24)31-25(32)12-7-13-30-27(33)21-8-3-4-9-22(21)28/h3-6,8-11,16-17H,7,12-15H2,1-2H3,(H,30,33). The smallest absolute Gasteiger partial charge is 0.252 e. The molecular formula is C27H27Cl2N3O2. The Morgan fingerprint density at radius 3 is 2.50 bits per heavy atom. The van der Waals surface area contributed by atoms with Crippen LogP contribution in [0.5, 0.6) is 5.75 Å². The van der Waals surface area contributed by atoms with Gasteiger partial charge in [-0.05, 0) is 67.8 Å². The Bertz CT molecular complexity index is 1290. The van der Waals surface area contributed by atoms with Crippen molar-refractivity contribution in [1.29, 1.82) is 0 Å². The van der Waals surface area contributed by atoms with Crippen molar-refractivity contribution < 1.29 is 9.53 Å². The predicted molar refractivity (Wildman–Crippen MR) is 138 cm³/mol. The molecule has 3 aromatic carbocycles. The van der Waals surface area contributed by atoms with Crippen LogP contribution < -0.4 is 10.1 Å². The van der Waals surface area contributed by atoms with E-state index in [0.717, 1.165) is 51.6 Å². The Morgan fingerprint density at radius 2 is 1.74 bits per heavy atom. The largest absolute Gasteiger partial charge is 0.492 e. The molecule has 34 heavy (non-hydrogen) atoms. The number of halogens is 2. The fraction of sp³-hybridized carbons (Fsp3) is 0.259. The molecule has 0 aliphatic carbocycles.